The second kappa shape index (κ2) is 9.07. The molecule has 0 aromatic carbocycles. The van der Waals surface area contributed by atoms with Crippen molar-refractivity contribution in [2.75, 3.05) is 19.6 Å². The van der Waals surface area contributed by atoms with Gasteiger partial charge in [0.05, 0.1) is 0 Å². The minimum absolute atomic E-state index is 0. The predicted molar refractivity (Wildman–Crippen MR) is 81.6 cm³/mol. The van der Waals surface area contributed by atoms with Crippen molar-refractivity contribution >= 4 is 29.9 Å². The van der Waals surface area contributed by atoms with Gasteiger partial charge in [-0.1, -0.05) is 26.7 Å². The molecule has 0 heterocycles. The van der Waals surface area contributed by atoms with E-state index in [0.29, 0.717) is 5.92 Å². The minimum Gasteiger partial charge on any atom is -0.357 e. The van der Waals surface area contributed by atoms with E-state index in [0.717, 1.165) is 31.5 Å². The third-order valence-electron chi connectivity index (χ3n) is 2.50. The van der Waals surface area contributed by atoms with Crippen molar-refractivity contribution in [2.24, 2.45) is 16.8 Å². The van der Waals surface area contributed by atoms with Crippen LogP contribution in [0.2, 0.25) is 0 Å². The summed E-state index contributed by atoms with van der Waals surface area (Å²) in [6, 6.07) is 0. The third-order valence-corrected chi connectivity index (χ3v) is 2.50. The summed E-state index contributed by atoms with van der Waals surface area (Å²) >= 11 is 0. The molecule has 2 N–H and O–H groups in total. The average molecular weight is 339 g/mol. The number of guanidine groups is 1. The smallest absolute Gasteiger partial charge is 0.191 e. The first-order valence-corrected chi connectivity index (χ1v) is 6.24. The monoisotopic (exact) mass is 339 g/mol. The number of nitrogens with zero attached hydrogens (tertiary/aromatic N) is 1. The number of halogens is 1. The average Bonchev–Trinajstić information content (AvgIpc) is 2.98. The summed E-state index contributed by atoms with van der Waals surface area (Å²) in [7, 11) is 0. The highest BCUT2D eigenvalue weighted by Gasteiger charge is 2.20. The van der Waals surface area contributed by atoms with Gasteiger partial charge in [0, 0.05) is 19.6 Å². The number of nitrogens with one attached hydrogen (secondary N) is 2. The van der Waals surface area contributed by atoms with Crippen LogP contribution in [0.1, 0.15) is 40.0 Å². The van der Waals surface area contributed by atoms with E-state index in [2.05, 4.69) is 36.4 Å². The Labute approximate surface area is 117 Å². The van der Waals surface area contributed by atoms with Gasteiger partial charge in [-0.05, 0) is 25.2 Å². The van der Waals surface area contributed by atoms with E-state index in [1.165, 1.54) is 19.3 Å². The van der Waals surface area contributed by atoms with Crippen molar-refractivity contribution in [3.63, 3.8) is 0 Å². The zero-order valence-corrected chi connectivity index (χ0v) is 13.1. The van der Waals surface area contributed by atoms with Crippen LogP contribution in [-0.4, -0.2) is 25.6 Å². The van der Waals surface area contributed by atoms with E-state index in [9.17, 15) is 0 Å². The van der Waals surface area contributed by atoms with Gasteiger partial charge in [-0.15, -0.1) is 24.0 Å². The molecule has 1 aliphatic rings. The number of hydrogen-bond acceptors (Lipinski definition) is 1. The second-order valence-corrected chi connectivity index (χ2v) is 4.77. The molecule has 0 bridgehead atoms. The van der Waals surface area contributed by atoms with Crippen molar-refractivity contribution in [1.29, 1.82) is 0 Å². The molecule has 1 aliphatic carbocycles. The van der Waals surface area contributed by atoms with Gasteiger partial charge in [0.1, 0.15) is 0 Å². The Morgan fingerprint density at radius 1 is 1.31 bits per heavy atom. The zero-order valence-electron chi connectivity index (χ0n) is 10.8. The molecule has 0 atom stereocenters. The van der Waals surface area contributed by atoms with Crippen LogP contribution in [0.3, 0.4) is 0 Å². The van der Waals surface area contributed by atoms with E-state index in [1.807, 2.05) is 0 Å². The zero-order chi connectivity index (χ0) is 11.1. The molecule has 0 unspecified atom stereocenters. The lowest BCUT2D eigenvalue weighted by Gasteiger charge is -2.11. The molecule has 1 rings (SSSR count). The molecule has 0 aromatic rings. The van der Waals surface area contributed by atoms with Crippen LogP contribution < -0.4 is 10.6 Å². The van der Waals surface area contributed by atoms with Gasteiger partial charge in [0.2, 0.25) is 0 Å². The Morgan fingerprint density at radius 3 is 2.50 bits per heavy atom. The van der Waals surface area contributed by atoms with Crippen molar-refractivity contribution in [2.45, 2.75) is 40.0 Å². The Morgan fingerprint density at radius 2 is 2.00 bits per heavy atom. The third kappa shape index (κ3) is 8.19. The Hall–Kier alpha value is 0. The summed E-state index contributed by atoms with van der Waals surface area (Å²) in [5, 5.41) is 6.66. The molecule has 0 spiro atoms. The fraction of sp³-hybridized carbons (Fsp3) is 0.917. The summed E-state index contributed by atoms with van der Waals surface area (Å²) < 4.78 is 0. The SMILES string of the molecule is CCNC(=NCC(C)C)NCCC1CC1.I. The van der Waals surface area contributed by atoms with Crippen molar-refractivity contribution in [3.05, 3.63) is 0 Å². The molecule has 1 fully saturated rings. The fourth-order valence-electron chi connectivity index (χ4n) is 1.42. The Balaban J connectivity index is 0.00000225. The maximum absolute atomic E-state index is 4.52. The molecular formula is C12H26IN3. The molecule has 4 heteroatoms. The lowest BCUT2D eigenvalue weighted by molar-refractivity contribution is 0.648. The molecule has 0 aromatic heterocycles. The van der Waals surface area contributed by atoms with E-state index >= 15 is 0 Å². The highest BCUT2D eigenvalue weighted by Crippen LogP contribution is 2.31. The van der Waals surface area contributed by atoms with Crippen molar-refractivity contribution in [1.82, 2.24) is 10.6 Å². The van der Waals surface area contributed by atoms with Crippen LogP contribution in [-0.2, 0) is 0 Å². The first-order valence-electron chi connectivity index (χ1n) is 6.24. The van der Waals surface area contributed by atoms with Crippen LogP contribution >= 0.6 is 24.0 Å². The highest BCUT2D eigenvalue weighted by molar-refractivity contribution is 14.0. The summed E-state index contributed by atoms with van der Waals surface area (Å²) in [4.78, 5) is 4.52. The number of hydrogen-bond donors (Lipinski definition) is 2. The van der Waals surface area contributed by atoms with Crippen molar-refractivity contribution < 1.29 is 0 Å². The number of aliphatic imine (C=N–C) groups is 1. The van der Waals surface area contributed by atoms with Gasteiger partial charge in [0.25, 0.3) is 0 Å². The number of rotatable bonds is 6. The summed E-state index contributed by atoms with van der Waals surface area (Å²) in [5.74, 6) is 2.60. The minimum atomic E-state index is 0. The predicted octanol–water partition coefficient (Wildman–Crippen LogP) is 2.62. The van der Waals surface area contributed by atoms with Crippen LogP contribution in [0.4, 0.5) is 0 Å². The van der Waals surface area contributed by atoms with Crippen molar-refractivity contribution in [3.8, 4) is 0 Å². The Bertz CT molecular complexity index is 200. The quantitative estimate of drug-likeness (QED) is 0.443. The van der Waals surface area contributed by atoms with Gasteiger partial charge in [-0.25, -0.2) is 0 Å². The lowest BCUT2D eigenvalue weighted by atomic mass is 10.2. The normalized spacial score (nSPS) is 15.9. The van der Waals surface area contributed by atoms with Crippen LogP contribution in [0, 0.1) is 11.8 Å². The highest BCUT2D eigenvalue weighted by atomic mass is 127. The molecular weight excluding hydrogens is 313 g/mol. The van der Waals surface area contributed by atoms with Crippen LogP contribution in [0.5, 0.6) is 0 Å². The lowest BCUT2D eigenvalue weighted by Crippen LogP contribution is -2.38. The van der Waals surface area contributed by atoms with E-state index < -0.39 is 0 Å². The molecule has 1 saturated carbocycles. The van der Waals surface area contributed by atoms with Gasteiger partial charge in [-0.3, -0.25) is 4.99 Å². The van der Waals surface area contributed by atoms with Crippen LogP contribution in [0.25, 0.3) is 0 Å². The van der Waals surface area contributed by atoms with E-state index in [-0.39, 0.29) is 24.0 Å². The van der Waals surface area contributed by atoms with E-state index in [4.69, 9.17) is 0 Å². The maximum atomic E-state index is 4.52. The molecule has 16 heavy (non-hydrogen) atoms. The fourth-order valence-corrected chi connectivity index (χ4v) is 1.42. The molecule has 0 saturated heterocycles. The molecule has 3 nitrogen and oxygen atoms in total. The van der Waals surface area contributed by atoms with Crippen LogP contribution in [0.15, 0.2) is 4.99 Å². The largest absolute Gasteiger partial charge is 0.357 e. The second-order valence-electron chi connectivity index (χ2n) is 4.77. The Kier molecular flexibility index (Phi) is 9.07. The van der Waals surface area contributed by atoms with Gasteiger partial charge >= 0.3 is 0 Å². The van der Waals surface area contributed by atoms with Gasteiger partial charge in [0.15, 0.2) is 5.96 Å². The first-order chi connectivity index (χ1) is 7.22. The summed E-state index contributed by atoms with van der Waals surface area (Å²) in [6.45, 7) is 9.39. The summed E-state index contributed by atoms with van der Waals surface area (Å²) in [5.41, 5.74) is 0. The van der Waals surface area contributed by atoms with Gasteiger partial charge in [-0.2, -0.15) is 0 Å². The summed E-state index contributed by atoms with van der Waals surface area (Å²) in [6.07, 6.45) is 4.16. The first kappa shape index (κ1) is 16.0. The molecule has 0 aliphatic heterocycles. The van der Waals surface area contributed by atoms with E-state index in [1.54, 1.807) is 0 Å². The van der Waals surface area contributed by atoms with Gasteiger partial charge < -0.3 is 10.6 Å². The maximum Gasteiger partial charge on any atom is 0.191 e. The standard InChI is InChI=1S/C12H25N3.HI/c1-4-13-12(15-9-10(2)3)14-8-7-11-5-6-11;/h10-11H,4-9H2,1-3H3,(H2,13,14,15);1H. The topological polar surface area (TPSA) is 36.4 Å². The molecule has 0 radical (unpaired) electrons. The molecule has 96 valence electrons. The molecule has 0 amide bonds.